The molecule has 0 aliphatic carbocycles. The van der Waals surface area contributed by atoms with E-state index in [-0.39, 0.29) is 0 Å². The van der Waals surface area contributed by atoms with Crippen molar-refractivity contribution in [3.05, 3.63) is 41.8 Å². The van der Waals surface area contributed by atoms with Gasteiger partial charge in [-0.25, -0.2) is 0 Å². The average molecular weight is 314 g/mol. The van der Waals surface area contributed by atoms with Crippen LogP contribution >= 0.6 is 0 Å². The maximum atomic E-state index is 5.84. The molecule has 4 rings (SSSR count). The van der Waals surface area contributed by atoms with Gasteiger partial charge >= 0.3 is 0 Å². The fourth-order valence-corrected chi connectivity index (χ4v) is 3.90. The SMILES string of the molecule is Cc1noc(C[C@@H]2COC[C@H]3CN(Cc4ccccn4)C[C@@H]23)n1. The van der Waals surface area contributed by atoms with E-state index in [1.807, 2.05) is 19.2 Å². The van der Waals surface area contributed by atoms with Gasteiger partial charge in [0.05, 0.1) is 18.9 Å². The third-order valence-electron chi connectivity index (χ3n) is 4.95. The second-order valence-electron chi connectivity index (χ2n) is 6.68. The van der Waals surface area contributed by atoms with E-state index in [1.165, 1.54) is 0 Å². The molecule has 2 saturated heterocycles. The summed E-state index contributed by atoms with van der Waals surface area (Å²) in [7, 11) is 0. The molecular formula is C17H22N4O2. The van der Waals surface area contributed by atoms with Crippen molar-refractivity contribution >= 4 is 0 Å². The lowest BCUT2D eigenvalue weighted by molar-refractivity contribution is -0.0110. The molecule has 6 nitrogen and oxygen atoms in total. The number of aryl methyl sites for hydroxylation is 1. The lowest BCUT2D eigenvalue weighted by atomic mass is 9.81. The highest BCUT2D eigenvalue weighted by Crippen LogP contribution is 2.36. The summed E-state index contributed by atoms with van der Waals surface area (Å²) >= 11 is 0. The highest BCUT2D eigenvalue weighted by Gasteiger charge is 2.41. The van der Waals surface area contributed by atoms with Gasteiger partial charge in [0.2, 0.25) is 5.89 Å². The molecule has 0 radical (unpaired) electrons. The Balaban J connectivity index is 1.42. The smallest absolute Gasteiger partial charge is 0.227 e. The number of aromatic nitrogens is 3. The first-order valence-electron chi connectivity index (χ1n) is 8.27. The van der Waals surface area contributed by atoms with Crippen LogP contribution in [0.2, 0.25) is 0 Å². The first-order valence-corrected chi connectivity index (χ1v) is 8.27. The van der Waals surface area contributed by atoms with Crippen LogP contribution in [-0.2, 0) is 17.7 Å². The van der Waals surface area contributed by atoms with Gasteiger partial charge in [0.1, 0.15) is 0 Å². The van der Waals surface area contributed by atoms with Gasteiger partial charge in [-0.3, -0.25) is 9.88 Å². The van der Waals surface area contributed by atoms with Crippen LogP contribution in [0.5, 0.6) is 0 Å². The minimum atomic E-state index is 0.460. The number of rotatable bonds is 4. The molecule has 2 fully saturated rings. The molecule has 2 aliphatic heterocycles. The molecule has 2 aromatic rings. The van der Waals surface area contributed by atoms with Gasteiger partial charge < -0.3 is 9.26 Å². The Labute approximate surface area is 135 Å². The van der Waals surface area contributed by atoms with Gasteiger partial charge in [-0.15, -0.1) is 0 Å². The van der Waals surface area contributed by atoms with Crippen LogP contribution < -0.4 is 0 Å². The molecule has 4 heterocycles. The summed E-state index contributed by atoms with van der Waals surface area (Å²) in [4.78, 5) is 11.3. The van der Waals surface area contributed by atoms with Crippen molar-refractivity contribution in [2.24, 2.45) is 17.8 Å². The van der Waals surface area contributed by atoms with Crippen molar-refractivity contribution in [2.75, 3.05) is 26.3 Å². The van der Waals surface area contributed by atoms with Gasteiger partial charge in [0, 0.05) is 32.3 Å². The number of pyridine rings is 1. The molecule has 0 spiro atoms. The number of ether oxygens (including phenoxy) is 1. The van der Waals surface area contributed by atoms with E-state index in [0.29, 0.717) is 23.6 Å². The zero-order valence-corrected chi connectivity index (χ0v) is 13.4. The molecule has 2 aliphatic rings. The van der Waals surface area contributed by atoms with E-state index in [1.54, 1.807) is 0 Å². The minimum Gasteiger partial charge on any atom is -0.381 e. The van der Waals surface area contributed by atoms with E-state index >= 15 is 0 Å². The van der Waals surface area contributed by atoms with Gasteiger partial charge in [-0.1, -0.05) is 11.2 Å². The molecule has 0 aromatic carbocycles. The number of nitrogens with zero attached hydrogens (tertiary/aromatic N) is 4. The Morgan fingerprint density at radius 2 is 2.22 bits per heavy atom. The van der Waals surface area contributed by atoms with Crippen LogP contribution in [0.3, 0.4) is 0 Å². The summed E-state index contributed by atoms with van der Waals surface area (Å²) in [6, 6.07) is 6.11. The predicted octanol–water partition coefficient (Wildman–Crippen LogP) is 1.71. The topological polar surface area (TPSA) is 64.3 Å². The number of hydrogen-bond donors (Lipinski definition) is 0. The standard InChI is InChI=1S/C17H22N4O2/c1-12-19-17(23-20-12)6-13-10-22-11-14-7-21(9-16(13)14)8-15-4-2-3-5-18-15/h2-5,13-14,16H,6-11H2,1H3/t13-,14-,16+/m1/s1. The molecule has 23 heavy (non-hydrogen) atoms. The lowest BCUT2D eigenvalue weighted by Crippen LogP contribution is -2.36. The van der Waals surface area contributed by atoms with E-state index in [0.717, 1.165) is 50.9 Å². The zero-order valence-electron chi connectivity index (χ0n) is 13.4. The fraction of sp³-hybridized carbons (Fsp3) is 0.588. The van der Waals surface area contributed by atoms with Gasteiger partial charge in [0.25, 0.3) is 0 Å². The first-order chi connectivity index (χ1) is 11.3. The van der Waals surface area contributed by atoms with Crippen molar-refractivity contribution < 1.29 is 9.26 Å². The van der Waals surface area contributed by atoms with Crippen molar-refractivity contribution in [3.63, 3.8) is 0 Å². The molecule has 6 heteroatoms. The molecular weight excluding hydrogens is 292 g/mol. The monoisotopic (exact) mass is 314 g/mol. The van der Waals surface area contributed by atoms with Crippen molar-refractivity contribution in [1.82, 2.24) is 20.0 Å². The third kappa shape index (κ3) is 3.28. The molecule has 0 unspecified atom stereocenters. The summed E-state index contributed by atoms with van der Waals surface area (Å²) in [6.07, 6.45) is 2.68. The van der Waals surface area contributed by atoms with Crippen LogP contribution in [0.1, 0.15) is 17.4 Å². The van der Waals surface area contributed by atoms with Crippen molar-refractivity contribution in [1.29, 1.82) is 0 Å². The Morgan fingerprint density at radius 3 is 3.00 bits per heavy atom. The second kappa shape index (κ2) is 6.37. The molecule has 2 aromatic heterocycles. The van der Waals surface area contributed by atoms with Crippen LogP contribution in [-0.4, -0.2) is 46.3 Å². The molecule has 0 bridgehead atoms. The normalized spacial score (nSPS) is 28.0. The second-order valence-corrected chi connectivity index (χ2v) is 6.68. The maximum absolute atomic E-state index is 5.84. The summed E-state index contributed by atoms with van der Waals surface area (Å²) in [5, 5.41) is 3.89. The first kappa shape index (κ1) is 14.8. The minimum absolute atomic E-state index is 0.460. The van der Waals surface area contributed by atoms with E-state index < -0.39 is 0 Å². The average Bonchev–Trinajstić information content (AvgIpc) is 3.15. The highest BCUT2D eigenvalue weighted by molar-refractivity contribution is 5.04. The summed E-state index contributed by atoms with van der Waals surface area (Å²) in [5.41, 5.74) is 1.14. The molecule has 122 valence electrons. The Morgan fingerprint density at radius 1 is 1.26 bits per heavy atom. The predicted molar refractivity (Wildman–Crippen MR) is 83.5 cm³/mol. The Hall–Kier alpha value is -1.79. The largest absolute Gasteiger partial charge is 0.381 e. The van der Waals surface area contributed by atoms with Crippen LogP contribution in [0, 0.1) is 24.7 Å². The number of likely N-dealkylation sites (tertiary alicyclic amines) is 1. The van der Waals surface area contributed by atoms with Crippen LogP contribution in [0.4, 0.5) is 0 Å². The van der Waals surface area contributed by atoms with Crippen molar-refractivity contribution in [3.8, 4) is 0 Å². The van der Waals surface area contributed by atoms with Gasteiger partial charge in [-0.2, -0.15) is 4.98 Å². The summed E-state index contributed by atoms with van der Waals surface area (Å²) in [5.74, 6) is 3.14. The quantitative estimate of drug-likeness (QED) is 0.856. The van der Waals surface area contributed by atoms with Gasteiger partial charge in [-0.05, 0) is 36.8 Å². The van der Waals surface area contributed by atoms with Crippen molar-refractivity contribution in [2.45, 2.75) is 19.9 Å². The fourth-order valence-electron chi connectivity index (χ4n) is 3.90. The molecule has 3 atom stereocenters. The maximum Gasteiger partial charge on any atom is 0.227 e. The Kier molecular flexibility index (Phi) is 4.10. The Bertz CT molecular complexity index is 645. The molecule has 0 saturated carbocycles. The number of fused-ring (bicyclic) bond motifs is 1. The van der Waals surface area contributed by atoms with Crippen LogP contribution in [0.25, 0.3) is 0 Å². The molecule has 0 amide bonds. The van der Waals surface area contributed by atoms with Crippen LogP contribution in [0.15, 0.2) is 28.9 Å². The zero-order chi connectivity index (χ0) is 15.6. The highest BCUT2D eigenvalue weighted by atomic mass is 16.5. The number of hydrogen-bond acceptors (Lipinski definition) is 6. The van der Waals surface area contributed by atoms with E-state index in [9.17, 15) is 0 Å². The lowest BCUT2D eigenvalue weighted by Gasteiger charge is -2.32. The van der Waals surface area contributed by atoms with E-state index in [2.05, 4.69) is 32.2 Å². The third-order valence-corrected chi connectivity index (χ3v) is 4.95. The summed E-state index contributed by atoms with van der Waals surface area (Å²) in [6.45, 7) is 6.61. The molecule has 0 N–H and O–H groups in total. The van der Waals surface area contributed by atoms with E-state index in [4.69, 9.17) is 9.26 Å². The summed E-state index contributed by atoms with van der Waals surface area (Å²) < 4.78 is 11.1. The van der Waals surface area contributed by atoms with Gasteiger partial charge in [0.15, 0.2) is 5.82 Å².